The van der Waals surface area contributed by atoms with Crippen molar-refractivity contribution >= 4 is 11.6 Å². The van der Waals surface area contributed by atoms with Gasteiger partial charge in [0, 0.05) is 18.3 Å². The molecule has 1 aromatic rings. The van der Waals surface area contributed by atoms with Gasteiger partial charge in [0.1, 0.15) is 5.82 Å². The van der Waals surface area contributed by atoms with Crippen LogP contribution in [-0.4, -0.2) is 18.5 Å². The van der Waals surface area contributed by atoms with Crippen molar-refractivity contribution in [1.82, 2.24) is 0 Å². The van der Waals surface area contributed by atoms with E-state index in [1.54, 1.807) is 17.0 Å². The Morgan fingerprint density at radius 2 is 2.32 bits per heavy atom. The lowest BCUT2D eigenvalue weighted by Gasteiger charge is -2.34. The van der Waals surface area contributed by atoms with Crippen molar-refractivity contribution in [3.63, 3.8) is 0 Å². The third-order valence-corrected chi connectivity index (χ3v) is 4.20. The SMILES string of the molecule is CCN(C(=O)C1(C)CCCC1N)c1cccc(F)c1. The lowest BCUT2D eigenvalue weighted by Crippen LogP contribution is -2.49. The molecule has 2 rings (SSSR count). The molecule has 0 spiro atoms. The van der Waals surface area contributed by atoms with Gasteiger partial charge < -0.3 is 10.6 Å². The first-order chi connectivity index (χ1) is 8.99. The zero-order valence-electron chi connectivity index (χ0n) is 11.5. The third kappa shape index (κ3) is 2.50. The first-order valence-electron chi connectivity index (χ1n) is 6.82. The summed E-state index contributed by atoms with van der Waals surface area (Å²) in [7, 11) is 0. The number of carbonyl (C=O) groups is 1. The normalized spacial score (nSPS) is 26.4. The van der Waals surface area contributed by atoms with Crippen molar-refractivity contribution in [2.45, 2.75) is 39.2 Å². The Bertz CT molecular complexity index is 477. The van der Waals surface area contributed by atoms with Gasteiger partial charge in [0.15, 0.2) is 0 Å². The van der Waals surface area contributed by atoms with E-state index in [9.17, 15) is 9.18 Å². The number of anilines is 1. The number of nitrogens with zero attached hydrogens (tertiary/aromatic N) is 1. The summed E-state index contributed by atoms with van der Waals surface area (Å²) in [5.74, 6) is -0.324. The number of halogens is 1. The van der Waals surface area contributed by atoms with E-state index in [1.165, 1.54) is 12.1 Å². The van der Waals surface area contributed by atoms with Crippen LogP contribution in [0.2, 0.25) is 0 Å². The van der Waals surface area contributed by atoms with Crippen molar-refractivity contribution in [2.75, 3.05) is 11.4 Å². The standard InChI is InChI=1S/C15H21FN2O/c1-3-18(12-7-4-6-11(16)10-12)14(19)15(2)9-5-8-13(15)17/h4,6-7,10,13H,3,5,8-9,17H2,1-2H3. The first kappa shape index (κ1) is 14.0. The molecule has 4 heteroatoms. The minimum absolute atomic E-state index is 0.00519. The van der Waals surface area contributed by atoms with E-state index in [4.69, 9.17) is 5.73 Å². The fraction of sp³-hybridized carbons (Fsp3) is 0.533. The third-order valence-electron chi connectivity index (χ3n) is 4.20. The lowest BCUT2D eigenvalue weighted by molar-refractivity contribution is -0.127. The van der Waals surface area contributed by atoms with Gasteiger partial charge in [-0.25, -0.2) is 4.39 Å². The number of benzene rings is 1. The molecule has 0 saturated heterocycles. The summed E-state index contributed by atoms with van der Waals surface area (Å²) in [6, 6.07) is 6.05. The molecule has 0 aliphatic heterocycles. The van der Waals surface area contributed by atoms with Gasteiger partial charge in [0.25, 0.3) is 0 Å². The van der Waals surface area contributed by atoms with Gasteiger partial charge in [0.2, 0.25) is 5.91 Å². The molecule has 2 N–H and O–H groups in total. The van der Waals surface area contributed by atoms with Crippen molar-refractivity contribution in [3.8, 4) is 0 Å². The van der Waals surface area contributed by atoms with Gasteiger partial charge in [-0.15, -0.1) is 0 Å². The molecule has 1 amide bonds. The minimum Gasteiger partial charge on any atom is -0.327 e. The highest BCUT2D eigenvalue weighted by molar-refractivity contribution is 5.98. The number of carbonyl (C=O) groups excluding carboxylic acids is 1. The molecule has 19 heavy (non-hydrogen) atoms. The molecule has 0 radical (unpaired) electrons. The Labute approximate surface area is 113 Å². The predicted octanol–water partition coefficient (Wildman–Crippen LogP) is 2.70. The Morgan fingerprint density at radius 1 is 1.58 bits per heavy atom. The molecule has 3 nitrogen and oxygen atoms in total. The summed E-state index contributed by atoms with van der Waals surface area (Å²) in [5, 5.41) is 0. The predicted molar refractivity (Wildman–Crippen MR) is 74.4 cm³/mol. The highest BCUT2D eigenvalue weighted by atomic mass is 19.1. The van der Waals surface area contributed by atoms with Crippen LogP contribution in [0.4, 0.5) is 10.1 Å². The van der Waals surface area contributed by atoms with E-state index in [1.807, 2.05) is 13.8 Å². The van der Waals surface area contributed by atoms with Crippen LogP contribution in [0.1, 0.15) is 33.1 Å². The highest BCUT2D eigenvalue weighted by Gasteiger charge is 2.45. The second-order valence-electron chi connectivity index (χ2n) is 5.45. The maximum absolute atomic E-state index is 13.3. The summed E-state index contributed by atoms with van der Waals surface area (Å²) < 4.78 is 13.3. The lowest BCUT2D eigenvalue weighted by atomic mass is 9.83. The van der Waals surface area contributed by atoms with Crippen molar-refractivity contribution in [3.05, 3.63) is 30.1 Å². The van der Waals surface area contributed by atoms with Gasteiger partial charge in [-0.3, -0.25) is 4.79 Å². The number of amides is 1. The van der Waals surface area contributed by atoms with Crippen molar-refractivity contribution in [1.29, 1.82) is 0 Å². The van der Waals surface area contributed by atoms with Gasteiger partial charge >= 0.3 is 0 Å². The Kier molecular flexibility index (Phi) is 3.90. The smallest absolute Gasteiger partial charge is 0.234 e. The quantitative estimate of drug-likeness (QED) is 0.912. The first-order valence-corrected chi connectivity index (χ1v) is 6.82. The molecule has 0 aromatic heterocycles. The van der Waals surface area contributed by atoms with Crippen molar-refractivity contribution in [2.24, 2.45) is 11.1 Å². The van der Waals surface area contributed by atoms with Gasteiger partial charge in [0.05, 0.1) is 5.41 Å². The summed E-state index contributed by atoms with van der Waals surface area (Å²) in [4.78, 5) is 14.4. The van der Waals surface area contributed by atoms with Gasteiger partial charge in [-0.1, -0.05) is 12.5 Å². The maximum atomic E-state index is 13.3. The molecule has 1 saturated carbocycles. The van der Waals surface area contributed by atoms with Crippen LogP contribution < -0.4 is 10.6 Å². The Morgan fingerprint density at radius 3 is 2.84 bits per heavy atom. The number of rotatable bonds is 3. The zero-order valence-corrected chi connectivity index (χ0v) is 11.5. The fourth-order valence-corrected chi connectivity index (χ4v) is 2.85. The van der Waals surface area contributed by atoms with Gasteiger partial charge in [-0.2, -0.15) is 0 Å². The topological polar surface area (TPSA) is 46.3 Å². The molecule has 0 bridgehead atoms. The second kappa shape index (κ2) is 5.29. The van der Waals surface area contributed by atoms with Crippen LogP contribution in [-0.2, 0) is 4.79 Å². The van der Waals surface area contributed by atoms with Gasteiger partial charge in [-0.05, 0) is 44.9 Å². The largest absolute Gasteiger partial charge is 0.327 e. The number of hydrogen-bond donors (Lipinski definition) is 1. The van der Waals surface area contributed by atoms with Crippen LogP contribution in [0.25, 0.3) is 0 Å². The van der Waals surface area contributed by atoms with Crippen LogP contribution in [0.3, 0.4) is 0 Å². The molecule has 1 aliphatic carbocycles. The summed E-state index contributed by atoms with van der Waals surface area (Å²) in [5.41, 5.74) is 6.17. The fourth-order valence-electron chi connectivity index (χ4n) is 2.85. The molecule has 1 aliphatic rings. The van der Waals surface area contributed by atoms with Crippen LogP contribution >= 0.6 is 0 Å². The average Bonchev–Trinajstić information content (AvgIpc) is 2.72. The van der Waals surface area contributed by atoms with Crippen molar-refractivity contribution < 1.29 is 9.18 Å². The Balaban J connectivity index is 2.30. The van der Waals surface area contributed by atoms with E-state index in [-0.39, 0.29) is 17.8 Å². The van der Waals surface area contributed by atoms with E-state index in [0.717, 1.165) is 19.3 Å². The molecular formula is C15H21FN2O. The highest BCUT2D eigenvalue weighted by Crippen LogP contribution is 2.39. The monoisotopic (exact) mass is 264 g/mol. The maximum Gasteiger partial charge on any atom is 0.234 e. The Hall–Kier alpha value is -1.42. The number of hydrogen-bond acceptors (Lipinski definition) is 2. The van der Waals surface area contributed by atoms with E-state index in [2.05, 4.69) is 0 Å². The van der Waals surface area contributed by atoms with Crippen LogP contribution in [0.15, 0.2) is 24.3 Å². The van der Waals surface area contributed by atoms with E-state index < -0.39 is 5.41 Å². The summed E-state index contributed by atoms with van der Waals surface area (Å²) in [6.07, 6.45) is 2.66. The summed E-state index contributed by atoms with van der Waals surface area (Å²) in [6.45, 7) is 4.34. The molecule has 0 heterocycles. The summed E-state index contributed by atoms with van der Waals surface area (Å²) >= 11 is 0. The molecule has 2 atom stereocenters. The van der Waals surface area contributed by atoms with Crippen LogP contribution in [0, 0.1) is 11.2 Å². The van der Waals surface area contributed by atoms with Crippen LogP contribution in [0.5, 0.6) is 0 Å². The second-order valence-corrected chi connectivity index (χ2v) is 5.45. The molecule has 104 valence electrons. The molecular weight excluding hydrogens is 243 g/mol. The molecule has 1 aromatic carbocycles. The van der Waals surface area contributed by atoms with E-state index >= 15 is 0 Å². The number of nitrogens with two attached hydrogens (primary N) is 1. The average molecular weight is 264 g/mol. The molecule has 2 unspecified atom stereocenters. The molecule has 1 fully saturated rings. The van der Waals surface area contributed by atoms with E-state index in [0.29, 0.717) is 12.2 Å². The minimum atomic E-state index is -0.525. The zero-order chi connectivity index (χ0) is 14.0.